The highest BCUT2D eigenvalue weighted by molar-refractivity contribution is 5.99. The fraction of sp³-hybridized carbons (Fsp3) is 0.467. The quantitative estimate of drug-likeness (QED) is 0.825. The monoisotopic (exact) mass is 259 g/mol. The summed E-state index contributed by atoms with van der Waals surface area (Å²) in [5.74, 6) is -0.133. The average molecular weight is 259 g/mol. The highest BCUT2D eigenvalue weighted by atomic mass is 16.1. The van der Waals surface area contributed by atoms with Crippen molar-refractivity contribution in [3.8, 4) is 6.07 Å². The van der Waals surface area contributed by atoms with Crippen LogP contribution >= 0.6 is 0 Å². The Morgan fingerprint density at radius 1 is 1.37 bits per heavy atom. The van der Waals surface area contributed by atoms with Gasteiger partial charge in [0.15, 0.2) is 0 Å². The first-order valence-electron chi connectivity index (χ1n) is 6.61. The molecule has 2 N–H and O–H groups in total. The molecule has 1 unspecified atom stereocenters. The van der Waals surface area contributed by atoms with Crippen molar-refractivity contribution in [3.63, 3.8) is 0 Å². The third-order valence-electron chi connectivity index (χ3n) is 2.78. The van der Waals surface area contributed by atoms with Gasteiger partial charge in [-0.1, -0.05) is 19.1 Å². The summed E-state index contributed by atoms with van der Waals surface area (Å²) < 4.78 is 0. The Balaban J connectivity index is 2.84. The maximum Gasteiger partial charge on any atom is 0.253 e. The fourth-order valence-corrected chi connectivity index (χ4v) is 1.79. The zero-order chi connectivity index (χ0) is 14.3. The van der Waals surface area contributed by atoms with Gasteiger partial charge in [0.05, 0.1) is 18.1 Å². The normalized spacial score (nSPS) is 11.7. The highest BCUT2D eigenvalue weighted by Crippen LogP contribution is 2.16. The van der Waals surface area contributed by atoms with E-state index >= 15 is 0 Å². The highest BCUT2D eigenvalue weighted by Gasteiger charge is 2.15. The van der Waals surface area contributed by atoms with Gasteiger partial charge in [0.2, 0.25) is 0 Å². The second kappa shape index (κ2) is 7.42. The van der Waals surface area contributed by atoms with E-state index in [-0.39, 0.29) is 18.0 Å². The van der Waals surface area contributed by atoms with Crippen LogP contribution in [-0.4, -0.2) is 18.0 Å². The Bertz CT molecular complexity index is 463. The van der Waals surface area contributed by atoms with Crippen LogP contribution in [0.2, 0.25) is 0 Å². The van der Waals surface area contributed by atoms with E-state index < -0.39 is 0 Å². The summed E-state index contributed by atoms with van der Waals surface area (Å²) in [6.07, 6.45) is 1.08. The van der Waals surface area contributed by atoms with Crippen molar-refractivity contribution in [2.75, 3.05) is 5.32 Å². The summed E-state index contributed by atoms with van der Waals surface area (Å²) in [5, 5.41) is 14.9. The largest absolute Gasteiger partial charge is 0.382 e. The molecule has 102 valence electrons. The van der Waals surface area contributed by atoms with Crippen LogP contribution in [0, 0.1) is 11.3 Å². The van der Waals surface area contributed by atoms with Crippen LogP contribution in [0.25, 0.3) is 0 Å². The van der Waals surface area contributed by atoms with Crippen LogP contribution < -0.4 is 10.6 Å². The van der Waals surface area contributed by atoms with E-state index in [0.29, 0.717) is 12.0 Å². The molecule has 1 aromatic carbocycles. The van der Waals surface area contributed by atoms with E-state index in [9.17, 15) is 4.79 Å². The van der Waals surface area contributed by atoms with Gasteiger partial charge in [-0.3, -0.25) is 4.79 Å². The molecule has 4 heteroatoms. The molecule has 0 bridgehead atoms. The molecule has 0 heterocycles. The number of nitrogens with zero attached hydrogens (tertiary/aromatic N) is 1. The number of hydrogen-bond acceptors (Lipinski definition) is 3. The van der Waals surface area contributed by atoms with Gasteiger partial charge in [0.1, 0.15) is 0 Å². The summed E-state index contributed by atoms with van der Waals surface area (Å²) in [4.78, 5) is 12.2. The first-order chi connectivity index (χ1) is 9.08. The Labute approximate surface area is 114 Å². The number of para-hydroxylation sites is 1. The number of carbonyl (C=O) groups excluding carboxylic acids is 1. The van der Waals surface area contributed by atoms with Crippen molar-refractivity contribution in [1.82, 2.24) is 5.32 Å². The number of hydrogen-bond donors (Lipinski definition) is 2. The molecule has 0 aliphatic heterocycles. The maximum absolute atomic E-state index is 12.2. The first kappa shape index (κ1) is 15.0. The predicted octanol–water partition coefficient (Wildman–Crippen LogP) is 2.93. The van der Waals surface area contributed by atoms with Gasteiger partial charge in [-0.15, -0.1) is 0 Å². The van der Waals surface area contributed by atoms with E-state index in [1.54, 1.807) is 6.07 Å². The molecule has 0 saturated heterocycles. The smallest absolute Gasteiger partial charge is 0.253 e. The Kier molecular flexibility index (Phi) is 5.87. The van der Waals surface area contributed by atoms with Crippen molar-refractivity contribution in [3.05, 3.63) is 29.8 Å². The molecule has 1 aromatic rings. The van der Waals surface area contributed by atoms with Crippen LogP contribution in [0.15, 0.2) is 24.3 Å². The van der Waals surface area contributed by atoms with Crippen LogP contribution in [0.5, 0.6) is 0 Å². The number of nitriles is 1. The molecular formula is C15H21N3O. The van der Waals surface area contributed by atoms with E-state index in [1.165, 1.54) is 0 Å². The van der Waals surface area contributed by atoms with Gasteiger partial charge in [0.25, 0.3) is 5.91 Å². The van der Waals surface area contributed by atoms with Crippen LogP contribution in [0.3, 0.4) is 0 Å². The van der Waals surface area contributed by atoms with Crippen LogP contribution in [-0.2, 0) is 0 Å². The molecule has 1 amide bonds. The summed E-state index contributed by atoms with van der Waals surface area (Å²) in [7, 11) is 0. The van der Waals surface area contributed by atoms with E-state index in [2.05, 4.69) is 16.7 Å². The molecular weight excluding hydrogens is 238 g/mol. The average Bonchev–Trinajstić information content (AvgIpc) is 2.38. The Morgan fingerprint density at radius 2 is 2.05 bits per heavy atom. The SMILES string of the molecule is CCC(CC#N)NC(=O)c1ccccc1NC(C)C. The fourth-order valence-electron chi connectivity index (χ4n) is 1.79. The lowest BCUT2D eigenvalue weighted by Crippen LogP contribution is -2.34. The number of nitrogens with one attached hydrogen (secondary N) is 2. The summed E-state index contributed by atoms with van der Waals surface area (Å²) >= 11 is 0. The minimum atomic E-state index is -0.133. The molecule has 4 nitrogen and oxygen atoms in total. The van der Waals surface area contributed by atoms with E-state index in [1.807, 2.05) is 39.0 Å². The zero-order valence-corrected chi connectivity index (χ0v) is 11.7. The van der Waals surface area contributed by atoms with Gasteiger partial charge in [0, 0.05) is 17.8 Å². The van der Waals surface area contributed by atoms with Gasteiger partial charge in [-0.05, 0) is 32.4 Å². The van der Waals surface area contributed by atoms with Crippen molar-refractivity contribution < 1.29 is 4.79 Å². The van der Waals surface area contributed by atoms with Gasteiger partial charge in [-0.2, -0.15) is 5.26 Å². The van der Waals surface area contributed by atoms with E-state index in [0.717, 1.165) is 12.1 Å². The lowest BCUT2D eigenvalue weighted by molar-refractivity contribution is 0.0937. The lowest BCUT2D eigenvalue weighted by atomic mass is 10.1. The minimum absolute atomic E-state index is 0.0930. The van der Waals surface area contributed by atoms with Crippen LogP contribution in [0.1, 0.15) is 44.0 Å². The molecule has 0 fully saturated rings. The molecule has 0 spiro atoms. The summed E-state index contributed by atoms with van der Waals surface area (Å²) in [6.45, 7) is 6.01. The standard InChI is InChI=1S/C15H21N3O/c1-4-12(9-10-16)18-15(19)13-7-5-6-8-14(13)17-11(2)3/h5-8,11-12,17H,4,9H2,1-3H3,(H,18,19). The van der Waals surface area contributed by atoms with Crippen molar-refractivity contribution >= 4 is 11.6 Å². The van der Waals surface area contributed by atoms with Crippen molar-refractivity contribution in [1.29, 1.82) is 5.26 Å². The summed E-state index contributed by atoms with van der Waals surface area (Å²) in [6, 6.07) is 9.67. The van der Waals surface area contributed by atoms with E-state index in [4.69, 9.17) is 5.26 Å². The van der Waals surface area contributed by atoms with Gasteiger partial charge in [-0.25, -0.2) is 0 Å². The third kappa shape index (κ3) is 4.63. The van der Waals surface area contributed by atoms with Gasteiger partial charge >= 0.3 is 0 Å². The number of rotatable bonds is 6. The molecule has 0 saturated carbocycles. The molecule has 19 heavy (non-hydrogen) atoms. The topological polar surface area (TPSA) is 64.9 Å². The van der Waals surface area contributed by atoms with Gasteiger partial charge < -0.3 is 10.6 Å². The zero-order valence-electron chi connectivity index (χ0n) is 11.7. The van der Waals surface area contributed by atoms with Crippen LogP contribution in [0.4, 0.5) is 5.69 Å². The predicted molar refractivity (Wildman–Crippen MR) is 77.0 cm³/mol. The molecule has 1 rings (SSSR count). The first-order valence-corrected chi connectivity index (χ1v) is 6.61. The number of anilines is 1. The number of carbonyl (C=O) groups is 1. The molecule has 0 radical (unpaired) electrons. The minimum Gasteiger partial charge on any atom is -0.382 e. The second-order valence-electron chi connectivity index (χ2n) is 4.79. The molecule has 0 aromatic heterocycles. The molecule has 0 aliphatic rings. The maximum atomic E-state index is 12.2. The molecule has 1 atom stereocenters. The van der Waals surface area contributed by atoms with Crippen molar-refractivity contribution in [2.24, 2.45) is 0 Å². The van der Waals surface area contributed by atoms with Crippen molar-refractivity contribution in [2.45, 2.75) is 45.7 Å². The number of amides is 1. The Hall–Kier alpha value is -2.02. The second-order valence-corrected chi connectivity index (χ2v) is 4.79. The third-order valence-corrected chi connectivity index (χ3v) is 2.78. The Morgan fingerprint density at radius 3 is 2.63 bits per heavy atom. The number of benzene rings is 1. The summed E-state index contributed by atoms with van der Waals surface area (Å²) in [5.41, 5.74) is 1.44. The lowest BCUT2D eigenvalue weighted by Gasteiger charge is -2.17. The molecule has 0 aliphatic carbocycles.